The van der Waals surface area contributed by atoms with E-state index in [1.807, 2.05) is 6.20 Å². The molecule has 17 heavy (non-hydrogen) atoms. The fourth-order valence-corrected chi connectivity index (χ4v) is 2.64. The van der Waals surface area contributed by atoms with Gasteiger partial charge in [-0.1, -0.05) is 12.8 Å². The lowest BCUT2D eigenvalue weighted by Gasteiger charge is -2.21. The molecule has 1 aliphatic carbocycles. The predicted octanol–water partition coefficient (Wildman–Crippen LogP) is 1.70. The molecule has 0 saturated heterocycles. The number of aliphatic hydroxyl groups excluding tert-OH is 1. The first kappa shape index (κ1) is 10.8. The van der Waals surface area contributed by atoms with Crippen molar-refractivity contribution < 1.29 is 5.11 Å². The summed E-state index contributed by atoms with van der Waals surface area (Å²) < 4.78 is 2.08. The Morgan fingerprint density at radius 2 is 2.24 bits per heavy atom. The van der Waals surface area contributed by atoms with Gasteiger partial charge in [0.25, 0.3) is 0 Å². The summed E-state index contributed by atoms with van der Waals surface area (Å²) in [6.07, 6.45) is 6.33. The summed E-state index contributed by atoms with van der Waals surface area (Å²) in [6.45, 7) is 2.35. The van der Waals surface area contributed by atoms with Crippen molar-refractivity contribution in [2.24, 2.45) is 4.99 Å². The first-order valence-corrected chi connectivity index (χ1v) is 6.31. The van der Waals surface area contributed by atoms with Crippen LogP contribution >= 0.6 is 0 Å². The van der Waals surface area contributed by atoms with Crippen LogP contribution in [0, 0.1) is 0 Å². The third-order valence-electron chi connectivity index (χ3n) is 3.60. The van der Waals surface area contributed by atoms with Crippen LogP contribution in [0.4, 0.5) is 5.82 Å². The molecule has 2 aliphatic rings. The number of nitrogens with zero attached hydrogens (tertiary/aromatic N) is 3. The number of aromatic nitrogens is 2. The van der Waals surface area contributed by atoms with E-state index in [2.05, 4.69) is 20.1 Å². The number of fused-ring (bicyclic) bond motifs is 1. The van der Waals surface area contributed by atoms with E-state index in [0.29, 0.717) is 18.4 Å². The first-order chi connectivity index (χ1) is 8.25. The number of nitrogens with one attached hydrogen (secondary N) is 1. The van der Waals surface area contributed by atoms with Crippen molar-refractivity contribution in [3.05, 3.63) is 11.8 Å². The number of rotatable bonds is 2. The number of aliphatic hydroxyl groups is 1. The largest absolute Gasteiger partial charge is 0.385 e. The van der Waals surface area contributed by atoms with Gasteiger partial charge in [0.05, 0.1) is 18.8 Å². The minimum absolute atomic E-state index is 0.514. The zero-order chi connectivity index (χ0) is 11.8. The zero-order valence-electron chi connectivity index (χ0n) is 10.1. The lowest BCUT2D eigenvalue weighted by Crippen LogP contribution is -2.29. The molecule has 1 saturated carbocycles. The summed E-state index contributed by atoms with van der Waals surface area (Å²) >= 11 is 0. The van der Waals surface area contributed by atoms with Crippen LogP contribution in [0.15, 0.2) is 11.2 Å². The number of hydrogen-bond acceptors (Lipinski definition) is 4. The highest BCUT2D eigenvalue weighted by Gasteiger charge is 2.25. The lowest BCUT2D eigenvalue weighted by atomic mass is 10.2. The third kappa shape index (κ3) is 1.84. The van der Waals surface area contributed by atoms with Crippen LogP contribution in [-0.2, 0) is 6.54 Å². The molecule has 1 aromatic rings. The Balaban J connectivity index is 1.88. The quantitative estimate of drug-likeness (QED) is 0.818. The van der Waals surface area contributed by atoms with Crippen LogP contribution in [0.2, 0.25) is 0 Å². The maximum Gasteiger partial charge on any atom is 0.135 e. The Morgan fingerprint density at radius 1 is 1.47 bits per heavy atom. The molecular weight excluding hydrogens is 216 g/mol. The minimum atomic E-state index is -0.546. The molecule has 5 heteroatoms. The fourth-order valence-electron chi connectivity index (χ4n) is 2.64. The highest BCUT2D eigenvalue weighted by molar-refractivity contribution is 5.99. The molecule has 5 nitrogen and oxygen atoms in total. The highest BCUT2D eigenvalue weighted by Crippen LogP contribution is 2.33. The Labute approximate surface area is 101 Å². The number of aliphatic imine (C=N–C) groups is 1. The van der Waals surface area contributed by atoms with Crippen LogP contribution < -0.4 is 5.32 Å². The van der Waals surface area contributed by atoms with Gasteiger partial charge in [-0.15, -0.1) is 0 Å². The Bertz CT molecular complexity index is 443. The lowest BCUT2D eigenvalue weighted by molar-refractivity contribution is 0.261. The summed E-state index contributed by atoms with van der Waals surface area (Å²) in [4.78, 5) is 4.31. The van der Waals surface area contributed by atoms with E-state index in [1.165, 1.54) is 25.7 Å². The van der Waals surface area contributed by atoms with E-state index in [1.54, 1.807) is 6.92 Å². The van der Waals surface area contributed by atoms with Crippen LogP contribution in [0.25, 0.3) is 0 Å². The van der Waals surface area contributed by atoms with Gasteiger partial charge in [0.2, 0.25) is 0 Å². The molecule has 0 bridgehead atoms. The average Bonchev–Trinajstić information content (AvgIpc) is 2.96. The van der Waals surface area contributed by atoms with Gasteiger partial charge in [0, 0.05) is 5.56 Å². The third-order valence-corrected chi connectivity index (χ3v) is 3.60. The number of hydrogen-bond donors (Lipinski definition) is 2. The molecule has 3 rings (SSSR count). The molecule has 1 atom stereocenters. The summed E-state index contributed by atoms with van der Waals surface area (Å²) in [7, 11) is 0. The molecule has 0 radical (unpaired) electrons. The van der Waals surface area contributed by atoms with Gasteiger partial charge >= 0.3 is 0 Å². The first-order valence-electron chi connectivity index (χ1n) is 6.31. The molecular formula is C12H18N4O. The minimum Gasteiger partial charge on any atom is -0.385 e. The summed E-state index contributed by atoms with van der Waals surface area (Å²) in [5, 5.41) is 17.3. The molecule has 1 aliphatic heterocycles. The van der Waals surface area contributed by atoms with Crippen LogP contribution in [0.1, 0.15) is 44.2 Å². The van der Waals surface area contributed by atoms with Gasteiger partial charge in [-0.2, -0.15) is 5.10 Å². The maximum atomic E-state index is 9.57. The second-order valence-electron chi connectivity index (χ2n) is 4.90. The number of anilines is 1. The van der Waals surface area contributed by atoms with E-state index in [9.17, 15) is 5.11 Å². The molecule has 2 N–H and O–H groups in total. The van der Waals surface area contributed by atoms with Crippen LogP contribution in [0.5, 0.6) is 0 Å². The van der Waals surface area contributed by atoms with Gasteiger partial charge in [-0.25, -0.2) is 4.68 Å². The van der Waals surface area contributed by atoms with Crippen LogP contribution in [-0.4, -0.2) is 26.8 Å². The van der Waals surface area contributed by atoms with E-state index in [4.69, 9.17) is 0 Å². The van der Waals surface area contributed by atoms with Crippen molar-refractivity contribution in [2.45, 2.75) is 51.3 Å². The smallest absolute Gasteiger partial charge is 0.135 e. The van der Waals surface area contributed by atoms with Gasteiger partial charge in [-0.05, 0) is 19.8 Å². The summed E-state index contributed by atoms with van der Waals surface area (Å²) in [5.41, 5.74) is 1.13. The van der Waals surface area contributed by atoms with Gasteiger partial charge in [-0.3, -0.25) is 4.99 Å². The summed E-state index contributed by atoms with van der Waals surface area (Å²) in [6, 6.07) is 0.514. The van der Waals surface area contributed by atoms with Gasteiger partial charge in [0.15, 0.2) is 0 Å². The van der Waals surface area contributed by atoms with E-state index >= 15 is 0 Å². The molecule has 1 fully saturated rings. The second kappa shape index (κ2) is 4.14. The van der Waals surface area contributed by atoms with Crippen molar-refractivity contribution in [1.82, 2.24) is 9.78 Å². The molecule has 92 valence electrons. The highest BCUT2D eigenvalue weighted by atomic mass is 16.3. The molecule has 0 aromatic carbocycles. The van der Waals surface area contributed by atoms with E-state index in [-0.39, 0.29) is 0 Å². The van der Waals surface area contributed by atoms with Crippen molar-refractivity contribution in [3.63, 3.8) is 0 Å². The van der Waals surface area contributed by atoms with Gasteiger partial charge < -0.3 is 10.4 Å². The second-order valence-corrected chi connectivity index (χ2v) is 4.90. The Kier molecular flexibility index (Phi) is 2.63. The van der Waals surface area contributed by atoms with Gasteiger partial charge in [0.1, 0.15) is 17.8 Å². The molecule has 0 spiro atoms. The standard InChI is InChI=1S/C12H18N4O/c1-8(17)11-13-6-9-7-14-16(12(9)15-11)10-4-2-3-5-10/h7-8,10,17H,2-6H2,1H3,(H,13,15)/t8-/m0/s1. The Morgan fingerprint density at radius 3 is 2.94 bits per heavy atom. The predicted molar refractivity (Wildman–Crippen MR) is 66.2 cm³/mol. The Hall–Kier alpha value is -1.36. The van der Waals surface area contributed by atoms with Crippen molar-refractivity contribution in [1.29, 1.82) is 0 Å². The SMILES string of the molecule is C[C@H](O)C1=NCc2cnn(C3CCCC3)c2N1. The fraction of sp³-hybridized carbons (Fsp3) is 0.667. The zero-order valence-corrected chi connectivity index (χ0v) is 10.1. The molecule has 0 amide bonds. The molecule has 1 aromatic heterocycles. The average molecular weight is 234 g/mol. The molecule has 0 unspecified atom stereocenters. The van der Waals surface area contributed by atoms with E-state index in [0.717, 1.165) is 11.4 Å². The topological polar surface area (TPSA) is 62.4 Å². The summed E-state index contributed by atoms with van der Waals surface area (Å²) in [5.74, 6) is 1.68. The van der Waals surface area contributed by atoms with Crippen molar-refractivity contribution >= 4 is 11.7 Å². The van der Waals surface area contributed by atoms with Crippen molar-refractivity contribution in [2.75, 3.05) is 5.32 Å². The molecule has 2 heterocycles. The van der Waals surface area contributed by atoms with Crippen LogP contribution in [0.3, 0.4) is 0 Å². The van der Waals surface area contributed by atoms with Crippen molar-refractivity contribution in [3.8, 4) is 0 Å². The normalized spacial score (nSPS) is 21.9. The maximum absolute atomic E-state index is 9.57. The monoisotopic (exact) mass is 234 g/mol. The van der Waals surface area contributed by atoms with E-state index < -0.39 is 6.10 Å². The number of amidine groups is 1.